The highest BCUT2D eigenvalue weighted by Gasteiger charge is 2.25. The summed E-state index contributed by atoms with van der Waals surface area (Å²) in [5.74, 6) is 0. The topological polar surface area (TPSA) is 49.4 Å². The molecule has 0 amide bonds. The van der Waals surface area contributed by atoms with Gasteiger partial charge in [-0.15, -0.1) is 0 Å². The number of allylic oxidation sites excluding steroid dienone is 12. The molecule has 0 atom stereocenters. The van der Waals surface area contributed by atoms with Crippen molar-refractivity contribution in [2.75, 3.05) is 0 Å². The summed E-state index contributed by atoms with van der Waals surface area (Å²) in [7, 11) is 0. The molecule has 8 bridgehead atoms. The zero-order valence-corrected chi connectivity index (χ0v) is 16.1. The summed E-state index contributed by atoms with van der Waals surface area (Å²) in [4.78, 5) is 18.9. The van der Waals surface area contributed by atoms with Crippen LogP contribution in [-0.2, 0) is 0 Å². The third-order valence-electron chi connectivity index (χ3n) is 4.85. The Bertz CT molecular complexity index is 1160. The molecule has 0 fully saturated rings. The van der Waals surface area contributed by atoms with E-state index in [1.165, 1.54) is 5.57 Å². The molecular formula is C24H20N4. The summed E-state index contributed by atoms with van der Waals surface area (Å²) < 4.78 is 0. The summed E-state index contributed by atoms with van der Waals surface area (Å²) in [5, 5.41) is 0. The van der Waals surface area contributed by atoms with Crippen LogP contribution in [0.3, 0.4) is 0 Å². The molecule has 0 spiro atoms. The average Bonchev–Trinajstić information content (AvgIpc) is 3.38. The highest BCUT2D eigenvalue weighted by Crippen LogP contribution is 2.36. The maximum absolute atomic E-state index is 4.86. The fourth-order valence-electron chi connectivity index (χ4n) is 3.50. The van der Waals surface area contributed by atoms with Crippen molar-refractivity contribution in [1.29, 1.82) is 0 Å². The van der Waals surface area contributed by atoms with Gasteiger partial charge in [0.05, 0.1) is 45.6 Å². The van der Waals surface area contributed by atoms with E-state index in [-0.39, 0.29) is 5.41 Å². The van der Waals surface area contributed by atoms with Crippen molar-refractivity contribution in [1.82, 2.24) is 0 Å². The Morgan fingerprint density at radius 3 is 1.46 bits per heavy atom. The quantitative estimate of drug-likeness (QED) is 0.581. The van der Waals surface area contributed by atoms with E-state index >= 15 is 0 Å². The van der Waals surface area contributed by atoms with Crippen molar-refractivity contribution in [3.05, 3.63) is 95.2 Å². The lowest BCUT2D eigenvalue weighted by atomic mass is 9.84. The average molecular weight is 364 g/mol. The number of aliphatic imine (C=N–C) groups is 4. The lowest BCUT2D eigenvalue weighted by molar-refractivity contribution is 0.512. The number of fused-ring (bicyclic) bond motifs is 4. The van der Waals surface area contributed by atoms with Crippen molar-refractivity contribution in [3.8, 4) is 0 Å². The third-order valence-corrected chi connectivity index (χ3v) is 4.85. The van der Waals surface area contributed by atoms with E-state index in [1.807, 2.05) is 54.7 Å². The molecule has 0 aliphatic carbocycles. The molecule has 4 heteroatoms. The Morgan fingerprint density at radius 2 is 0.964 bits per heavy atom. The van der Waals surface area contributed by atoms with Crippen LogP contribution in [0.4, 0.5) is 0 Å². The predicted octanol–water partition coefficient (Wildman–Crippen LogP) is 5.00. The smallest absolute Gasteiger partial charge is 0.0696 e. The van der Waals surface area contributed by atoms with Gasteiger partial charge in [-0.25, -0.2) is 20.0 Å². The van der Waals surface area contributed by atoms with Gasteiger partial charge in [-0.2, -0.15) is 0 Å². The Morgan fingerprint density at radius 1 is 0.500 bits per heavy atom. The van der Waals surface area contributed by atoms with Gasteiger partial charge in [0.15, 0.2) is 0 Å². The monoisotopic (exact) mass is 364 g/mol. The molecular weight excluding hydrogens is 344 g/mol. The molecule has 0 saturated heterocycles. The third kappa shape index (κ3) is 3.18. The summed E-state index contributed by atoms with van der Waals surface area (Å²) >= 11 is 0. The Labute approximate surface area is 164 Å². The van der Waals surface area contributed by atoms with E-state index in [4.69, 9.17) is 9.98 Å². The van der Waals surface area contributed by atoms with Gasteiger partial charge in [0.25, 0.3) is 0 Å². The molecule has 0 aromatic rings. The number of hydrogen-bond acceptors (Lipinski definition) is 4. The van der Waals surface area contributed by atoms with Gasteiger partial charge in [0.2, 0.25) is 0 Å². The molecule has 136 valence electrons. The second kappa shape index (κ2) is 6.06. The van der Waals surface area contributed by atoms with Crippen LogP contribution in [0.5, 0.6) is 0 Å². The van der Waals surface area contributed by atoms with Crippen molar-refractivity contribution in [2.24, 2.45) is 25.4 Å². The molecule has 5 aliphatic rings. The van der Waals surface area contributed by atoms with Crippen molar-refractivity contribution in [2.45, 2.75) is 20.8 Å². The van der Waals surface area contributed by atoms with Gasteiger partial charge < -0.3 is 0 Å². The second-order valence-electron chi connectivity index (χ2n) is 8.19. The molecule has 4 nitrogen and oxygen atoms in total. The van der Waals surface area contributed by atoms with Crippen LogP contribution in [0.25, 0.3) is 0 Å². The van der Waals surface area contributed by atoms with Gasteiger partial charge in [0.1, 0.15) is 0 Å². The molecule has 0 aromatic heterocycles. The van der Waals surface area contributed by atoms with Gasteiger partial charge in [0, 0.05) is 0 Å². The standard InChI is InChI=1S/C24H20N4/c1-24(2,3)22-13-21-12-19-7-6-17(26-19)10-15-4-5-16(25-15)11-18-8-9-20(27-18)14-23(22)28-21/h4-14H,1-3H3. The van der Waals surface area contributed by atoms with Crippen LogP contribution >= 0.6 is 0 Å². The minimum absolute atomic E-state index is 0.0108. The second-order valence-corrected chi connectivity index (χ2v) is 8.19. The van der Waals surface area contributed by atoms with Crippen LogP contribution in [0.2, 0.25) is 0 Å². The molecule has 0 N–H and O–H groups in total. The lowest BCUT2D eigenvalue weighted by Crippen LogP contribution is -2.10. The summed E-state index contributed by atoms with van der Waals surface area (Å²) in [6.07, 6.45) is 22.3. The fraction of sp³-hybridized carbons (Fsp3) is 0.167. The Balaban J connectivity index is 1.67. The van der Waals surface area contributed by atoms with E-state index in [0.717, 1.165) is 45.6 Å². The zero-order valence-electron chi connectivity index (χ0n) is 16.1. The Hall–Kier alpha value is -3.40. The first-order chi connectivity index (χ1) is 13.4. The van der Waals surface area contributed by atoms with E-state index in [2.05, 4.69) is 42.9 Å². The van der Waals surface area contributed by atoms with Crippen LogP contribution in [0.15, 0.2) is 115 Å². The predicted molar refractivity (Wildman–Crippen MR) is 117 cm³/mol. The molecule has 28 heavy (non-hydrogen) atoms. The van der Waals surface area contributed by atoms with Gasteiger partial charge in [-0.3, -0.25) is 0 Å². The van der Waals surface area contributed by atoms with E-state index in [9.17, 15) is 0 Å². The van der Waals surface area contributed by atoms with Gasteiger partial charge >= 0.3 is 0 Å². The molecule has 0 aromatic carbocycles. The molecule has 0 saturated carbocycles. The number of rotatable bonds is 0. The highest BCUT2D eigenvalue weighted by molar-refractivity contribution is 6.15. The first kappa shape index (κ1) is 16.8. The molecule has 0 unspecified atom stereocenters. The minimum atomic E-state index is -0.0108. The number of hydrogen-bond donors (Lipinski definition) is 0. The lowest BCUT2D eigenvalue weighted by Gasteiger charge is -2.20. The minimum Gasteiger partial charge on any atom is -0.249 e. The summed E-state index contributed by atoms with van der Waals surface area (Å²) in [6.45, 7) is 6.62. The highest BCUT2D eigenvalue weighted by atomic mass is 14.8. The van der Waals surface area contributed by atoms with E-state index in [0.29, 0.717) is 0 Å². The maximum atomic E-state index is 4.86. The van der Waals surface area contributed by atoms with Crippen LogP contribution < -0.4 is 0 Å². The first-order valence-corrected chi connectivity index (χ1v) is 9.41. The SMILES string of the molecule is CC(C)(C)C1=CC2=NC1=CC1=NC(=CC3=NC(=CC4=NC(=C2)C=C4)C=C3)C=C1. The van der Waals surface area contributed by atoms with Crippen LogP contribution in [-0.4, -0.2) is 22.8 Å². The molecule has 5 rings (SSSR count). The normalized spacial score (nSPS) is 22.2. The molecule has 0 radical (unpaired) electrons. The molecule has 5 heterocycles. The largest absolute Gasteiger partial charge is 0.249 e. The number of nitrogens with zero attached hydrogens (tertiary/aromatic N) is 4. The van der Waals surface area contributed by atoms with Gasteiger partial charge in [-0.1, -0.05) is 20.8 Å². The fourth-order valence-corrected chi connectivity index (χ4v) is 3.50. The van der Waals surface area contributed by atoms with Crippen LogP contribution in [0, 0.1) is 5.41 Å². The molecule has 5 aliphatic heterocycles. The van der Waals surface area contributed by atoms with Crippen molar-refractivity contribution >= 4 is 22.8 Å². The Kier molecular flexibility index (Phi) is 3.63. The zero-order chi connectivity index (χ0) is 19.3. The van der Waals surface area contributed by atoms with Crippen molar-refractivity contribution in [3.63, 3.8) is 0 Å². The summed E-state index contributed by atoms with van der Waals surface area (Å²) in [6, 6.07) is 0. The van der Waals surface area contributed by atoms with Crippen LogP contribution in [0.1, 0.15) is 20.8 Å². The van der Waals surface area contributed by atoms with Crippen molar-refractivity contribution < 1.29 is 0 Å². The van der Waals surface area contributed by atoms with Gasteiger partial charge in [-0.05, 0) is 77.8 Å². The first-order valence-electron chi connectivity index (χ1n) is 9.41. The maximum Gasteiger partial charge on any atom is 0.0696 e. The summed E-state index contributed by atoms with van der Waals surface area (Å²) in [5.41, 5.74) is 8.45. The van der Waals surface area contributed by atoms with E-state index < -0.39 is 0 Å². The van der Waals surface area contributed by atoms with E-state index in [1.54, 1.807) is 0 Å².